The highest BCUT2D eigenvalue weighted by atomic mass is 31.2. The standard InChI is InChI=1S/C39H61N8O9P/c1-3-4-5-6-7-8-9-10-11-12-13-14-15-16-17-18-21-52-25-31(55-35-24-43-30(22-40)23-44-35)26-53-57(50,51)54-27-33-36(48)37(49)39(56-33,28-42-2)34-20-19-32-38(41)45-29-46-47(32)34/h19-20,23-24,29,31,33,36-37,48-49H,2-18,21,25-28H2,1H3,(H,50,51)(H2,41,45,46)/t31-,33-,36-,37-,39+/m1/s1. The van der Waals surface area contributed by atoms with Gasteiger partial charge < -0.3 is 35.1 Å². The number of anilines is 1. The lowest BCUT2D eigenvalue weighted by molar-refractivity contribution is -0.0946. The number of phosphoric acid groups is 1. The van der Waals surface area contributed by atoms with E-state index < -0.39 is 51.1 Å². The SMILES string of the molecule is C=NC[C@@]1(c2ccc3c(N)ncnn23)O[C@H](COP(=O)(O)OC[C@@H](COCCCCCCCCCCCCCCCCCC)Oc2cnc(C#N)cn2)[C@@H](O)[C@H]1O. The summed E-state index contributed by atoms with van der Waals surface area (Å²) in [6.45, 7) is 4.98. The second-order valence-corrected chi connectivity index (χ2v) is 16.0. The summed E-state index contributed by atoms with van der Waals surface area (Å²) in [5.74, 6) is 0.249. The number of hydrogen-bond acceptors (Lipinski definition) is 15. The van der Waals surface area contributed by atoms with Crippen molar-refractivity contribution in [3.05, 3.63) is 42.2 Å². The van der Waals surface area contributed by atoms with Crippen molar-refractivity contribution >= 4 is 25.9 Å². The Kier molecular flexibility index (Phi) is 19.7. The number of aliphatic hydroxyl groups excluding tert-OH is 2. The van der Waals surface area contributed by atoms with E-state index in [-0.39, 0.29) is 30.5 Å². The molecule has 3 aromatic heterocycles. The average Bonchev–Trinajstić information content (AvgIpc) is 3.75. The number of aromatic nitrogens is 5. The predicted octanol–water partition coefficient (Wildman–Crippen LogP) is 5.85. The first-order chi connectivity index (χ1) is 27.6. The number of ether oxygens (including phenoxy) is 3. The summed E-state index contributed by atoms with van der Waals surface area (Å²) in [5, 5.41) is 35.4. The fourth-order valence-corrected chi connectivity index (χ4v) is 7.72. The molecule has 5 N–H and O–H groups in total. The summed E-state index contributed by atoms with van der Waals surface area (Å²) < 4.78 is 42.8. The van der Waals surface area contributed by atoms with E-state index in [1.807, 2.05) is 6.07 Å². The molecular weight excluding hydrogens is 755 g/mol. The number of nitrogens with zero attached hydrogens (tertiary/aromatic N) is 7. The summed E-state index contributed by atoms with van der Waals surface area (Å²) in [5.41, 5.74) is 5.17. The fraction of sp³-hybridized carbons (Fsp3) is 0.692. The van der Waals surface area contributed by atoms with Crippen molar-refractivity contribution in [2.24, 2.45) is 4.99 Å². The van der Waals surface area contributed by atoms with Crippen LogP contribution in [0.15, 0.2) is 35.8 Å². The van der Waals surface area contributed by atoms with Gasteiger partial charge in [-0.2, -0.15) is 10.4 Å². The molecule has 0 saturated carbocycles. The van der Waals surface area contributed by atoms with Gasteiger partial charge in [-0.1, -0.05) is 103 Å². The predicted molar refractivity (Wildman–Crippen MR) is 214 cm³/mol. The third kappa shape index (κ3) is 14.3. The topological polar surface area (TPSA) is 242 Å². The molecule has 1 fully saturated rings. The highest BCUT2D eigenvalue weighted by molar-refractivity contribution is 7.47. The number of fused-ring (bicyclic) bond motifs is 1. The molecule has 0 aromatic carbocycles. The number of unbranched alkanes of at least 4 members (excludes halogenated alkanes) is 15. The third-order valence-electron chi connectivity index (χ3n) is 10.1. The zero-order chi connectivity index (χ0) is 40.9. The Morgan fingerprint density at radius 3 is 2.21 bits per heavy atom. The summed E-state index contributed by atoms with van der Waals surface area (Å²) >= 11 is 0. The van der Waals surface area contributed by atoms with Crippen LogP contribution in [0.4, 0.5) is 5.82 Å². The molecule has 17 nitrogen and oxygen atoms in total. The highest BCUT2D eigenvalue weighted by Crippen LogP contribution is 2.46. The number of rotatable bonds is 30. The van der Waals surface area contributed by atoms with E-state index in [2.05, 4.69) is 38.7 Å². The Bertz CT molecular complexity index is 1710. The van der Waals surface area contributed by atoms with Crippen LogP contribution in [0.3, 0.4) is 0 Å². The number of nitrogen functional groups attached to an aromatic ring is 1. The largest absolute Gasteiger partial charge is 0.472 e. The molecule has 18 heteroatoms. The van der Waals surface area contributed by atoms with Gasteiger partial charge in [-0.25, -0.2) is 24.0 Å². The first-order valence-electron chi connectivity index (χ1n) is 20.3. The van der Waals surface area contributed by atoms with Gasteiger partial charge >= 0.3 is 7.82 Å². The Labute approximate surface area is 335 Å². The summed E-state index contributed by atoms with van der Waals surface area (Å²) in [4.78, 5) is 26.5. The zero-order valence-corrected chi connectivity index (χ0v) is 34.1. The molecule has 1 saturated heterocycles. The van der Waals surface area contributed by atoms with E-state index in [4.69, 9.17) is 34.3 Å². The van der Waals surface area contributed by atoms with Crippen LogP contribution in [-0.4, -0.2) is 104 Å². The number of phosphoric ester groups is 1. The lowest BCUT2D eigenvalue weighted by Gasteiger charge is -2.30. The van der Waals surface area contributed by atoms with Crippen molar-refractivity contribution in [3.8, 4) is 11.9 Å². The van der Waals surface area contributed by atoms with Crippen LogP contribution < -0.4 is 10.5 Å². The quantitative estimate of drug-likeness (QED) is 0.0350. The van der Waals surface area contributed by atoms with Crippen molar-refractivity contribution in [2.45, 2.75) is 140 Å². The number of nitriles is 1. The summed E-state index contributed by atoms with van der Waals surface area (Å²) in [6.07, 6.45) is 18.7. The van der Waals surface area contributed by atoms with Gasteiger partial charge in [0.05, 0.1) is 44.5 Å². The second kappa shape index (κ2) is 24.4. The molecule has 0 radical (unpaired) electrons. The van der Waals surface area contributed by atoms with Crippen LogP contribution in [0.2, 0.25) is 0 Å². The highest BCUT2D eigenvalue weighted by Gasteiger charge is 2.57. The van der Waals surface area contributed by atoms with Gasteiger partial charge in [0.25, 0.3) is 0 Å². The maximum absolute atomic E-state index is 13.1. The van der Waals surface area contributed by atoms with Gasteiger partial charge in [-0.05, 0) is 25.3 Å². The molecule has 0 amide bonds. The van der Waals surface area contributed by atoms with E-state index in [1.165, 1.54) is 107 Å². The minimum Gasteiger partial charge on any atom is -0.468 e. The zero-order valence-electron chi connectivity index (χ0n) is 33.2. The van der Waals surface area contributed by atoms with Crippen molar-refractivity contribution < 1.29 is 42.9 Å². The lowest BCUT2D eigenvalue weighted by Crippen LogP contribution is -2.44. The maximum atomic E-state index is 13.1. The molecule has 1 aliphatic rings. The van der Waals surface area contributed by atoms with Crippen LogP contribution in [0, 0.1) is 11.3 Å². The van der Waals surface area contributed by atoms with Gasteiger partial charge in [-0.15, -0.1) is 0 Å². The Hall–Kier alpha value is -3.59. The van der Waals surface area contributed by atoms with Crippen LogP contribution in [0.5, 0.6) is 5.88 Å². The Balaban J connectivity index is 1.19. The molecule has 4 heterocycles. The molecular formula is C39H61N8O9P. The average molecular weight is 817 g/mol. The minimum absolute atomic E-state index is 0.00742. The molecule has 57 heavy (non-hydrogen) atoms. The van der Waals surface area contributed by atoms with Crippen LogP contribution in [0.25, 0.3) is 5.52 Å². The van der Waals surface area contributed by atoms with E-state index in [0.717, 1.165) is 19.3 Å². The number of aliphatic imine (C=N–C) groups is 1. The smallest absolute Gasteiger partial charge is 0.468 e. The van der Waals surface area contributed by atoms with Crippen LogP contribution in [0.1, 0.15) is 121 Å². The minimum atomic E-state index is -4.77. The molecule has 1 aliphatic heterocycles. The fourth-order valence-electron chi connectivity index (χ4n) is 6.96. The number of nitrogens with two attached hydrogens (primary N) is 1. The lowest BCUT2D eigenvalue weighted by atomic mass is 9.91. The van der Waals surface area contributed by atoms with Crippen molar-refractivity contribution in [1.29, 1.82) is 5.26 Å². The Morgan fingerprint density at radius 1 is 0.965 bits per heavy atom. The van der Waals surface area contributed by atoms with E-state index >= 15 is 0 Å². The first-order valence-corrected chi connectivity index (χ1v) is 21.8. The summed E-state index contributed by atoms with van der Waals surface area (Å²) in [7, 11) is -4.77. The molecule has 6 atom stereocenters. The van der Waals surface area contributed by atoms with Gasteiger partial charge in [0.2, 0.25) is 5.88 Å². The van der Waals surface area contributed by atoms with E-state index in [0.29, 0.717) is 17.8 Å². The van der Waals surface area contributed by atoms with Crippen molar-refractivity contribution in [2.75, 3.05) is 38.7 Å². The molecule has 3 aromatic rings. The second-order valence-electron chi connectivity index (χ2n) is 14.6. The van der Waals surface area contributed by atoms with Crippen molar-refractivity contribution in [1.82, 2.24) is 24.6 Å². The number of aliphatic hydroxyl groups is 2. The third-order valence-corrected chi connectivity index (χ3v) is 11.1. The molecule has 316 valence electrons. The van der Waals surface area contributed by atoms with Crippen molar-refractivity contribution in [3.63, 3.8) is 0 Å². The van der Waals surface area contributed by atoms with Gasteiger partial charge in [0, 0.05) is 6.61 Å². The molecule has 4 rings (SSSR count). The van der Waals surface area contributed by atoms with Gasteiger partial charge in [0.1, 0.15) is 42.3 Å². The molecule has 0 bridgehead atoms. The summed E-state index contributed by atoms with van der Waals surface area (Å²) in [6, 6.07) is 5.12. The van der Waals surface area contributed by atoms with Crippen LogP contribution in [-0.2, 0) is 28.7 Å². The monoisotopic (exact) mass is 816 g/mol. The molecule has 1 unspecified atom stereocenters. The van der Waals surface area contributed by atoms with E-state index in [1.54, 1.807) is 12.1 Å². The van der Waals surface area contributed by atoms with E-state index in [9.17, 15) is 19.7 Å². The molecule has 0 spiro atoms. The van der Waals surface area contributed by atoms with Gasteiger partial charge in [0.15, 0.2) is 17.1 Å². The maximum Gasteiger partial charge on any atom is 0.472 e. The Morgan fingerprint density at radius 2 is 1.61 bits per heavy atom. The van der Waals surface area contributed by atoms with Crippen LogP contribution >= 0.6 is 7.82 Å². The number of hydrogen-bond donors (Lipinski definition) is 4. The van der Waals surface area contributed by atoms with Gasteiger partial charge in [-0.3, -0.25) is 14.0 Å². The normalized spacial score (nSPS) is 21.0. The molecule has 0 aliphatic carbocycles. The first kappa shape index (κ1) is 46.1.